The molecule has 6 heteroatoms. The Bertz CT molecular complexity index is 799. The first-order chi connectivity index (χ1) is 13.0. The van der Waals surface area contributed by atoms with Crippen molar-refractivity contribution in [2.24, 2.45) is 0 Å². The lowest BCUT2D eigenvalue weighted by atomic mass is 9.94. The summed E-state index contributed by atoms with van der Waals surface area (Å²) >= 11 is 0. The average molecular weight is 370 g/mol. The van der Waals surface area contributed by atoms with Crippen LogP contribution in [0.25, 0.3) is 0 Å². The monoisotopic (exact) mass is 370 g/mol. The van der Waals surface area contributed by atoms with Crippen LogP contribution >= 0.6 is 0 Å². The summed E-state index contributed by atoms with van der Waals surface area (Å²) in [7, 11) is 1.64. The minimum absolute atomic E-state index is 0.0432. The molecule has 0 radical (unpaired) electrons. The highest BCUT2D eigenvalue weighted by Gasteiger charge is 2.50. The van der Waals surface area contributed by atoms with Crippen molar-refractivity contribution in [2.75, 3.05) is 25.6 Å². The molecule has 2 aromatic rings. The Hall–Kier alpha value is -2.73. The largest absolute Gasteiger partial charge is 0.385 e. The minimum atomic E-state index is -0.452. The zero-order chi connectivity index (χ0) is 19.3. The Balaban J connectivity index is 1.60. The minimum Gasteiger partial charge on any atom is -0.385 e. The number of anilines is 1. The van der Waals surface area contributed by atoms with E-state index in [9.17, 15) is 14.0 Å². The number of halogens is 1. The number of nitrogens with one attached hydrogen (secondary N) is 2. The smallest absolute Gasteiger partial charge is 0.255 e. The third-order valence-electron chi connectivity index (χ3n) is 4.80. The predicted octanol–water partition coefficient (Wildman–Crippen LogP) is 3.26. The van der Waals surface area contributed by atoms with E-state index in [2.05, 4.69) is 10.6 Å². The lowest BCUT2D eigenvalue weighted by Crippen LogP contribution is -2.35. The van der Waals surface area contributed by atoms with E-state index in [0.717, 1.165) is 24.8 Å². The van der Waals surface area contributed by atoms with Crippen molar-refractivity contribution >= 4 is 17.5 Å². The second-order valence-corrected chi connectivity index (χ2v) is 6.72. The van der Waals surface area contributed by atoms with Gasteiger partial charge < -0.3 is 15.4 Å². The van der Waals surface area contributed by atoms with Gasteiger partial charge in [0.2, 0.25) is 5.91 Å². The van der Waals surface area contributed by atoms with Crippen LogP contribution < -0.4 is 10.6 Å². The van der Waals surface area contributed by atoms with Gasteiger partial charge in [0.15, 0.2) is 0 Å². The van der Waals surface area contributed by atoms with E-state index in [1.165, 1.54) is 24.3 Å². The van der Waals surface area contributed by atoms with Crippen molar-refractivity contribution in [3.8, 4) is 0 Å². The number of hydrogen-bond donors (Lipinski definition) is 2. The van der Waals surface area contributed by atoms with Crippen LogP contribution in [0.5, 0.6) is 0 Å². The van der Waals surface area contributed by atoms with Gasteiger partial charge in [-0.15, -0.1) is 0 Å². The number of benzene rings is 2. The first-order valence-corrected chi connectivity index (χ1v) is 9.00. The topological polar surface area (TPSA) is 67.4 Å². The van der Waals surface area contributed by atoms with Gasteiger partial charge in [-0.05, 0) is 61.2 Å². The van der Waals surface area contributed by atoms with E-state index >= 15 is 0 Å². The molecule has 0 saturated heterocycles. The summed E-state index contributed by atoms with van der Waals surface area (Å²) in [6.45, 7) is 1.22. The Kier molecular flexibility index (Phi) is 5.86. The van der Waals surface area contributed by atoms with Crippen molar-refractivity contribution in [1.29, 1.82) is 0 Å². The van der Waals surface area contributed by atoms with Gasteiger partial charge in [0.1, 0.15) is 5.82 Å². The summed E-state index contributed by atoms with van der Waals surface area (Å²) in [6, 6.07) is 12.7. The maximum Gasteiger partial charge on any atom is 0.255 e. The molecule has 0 aliphatic heterocycles. The van der Waals surface area contributed by atoms with Gasteiger partial charge in [0.05, 0.1) is 5.41 Å². The lowest BCUT2D eigenvalue weighted by molar-refractivity contribution is -0.123. The molecule has 0 bridgehead atoms. The first kappa shape index (κ1) is 19.0. The normalized spacial score (nSPS) is 14.4. The molecule has 0 atom stereocenters. The maximum absolute atomic E-state index is 12.9. The highest BCUT2D eigenvalue weighted by atomic mass is 19.1. The van der Waals surface area contributed by atoms with Crippen LogP contribution in [0.2, 0.25) is 0 Å². The zero-order valence-corrected chi connectivity index (χ0v) is 15.3. The van der Waals surface area contributed by atoms with Gasteiger partial charge in [-0.25, -0.2) is 4.39 Å². The fraction of sp³-hybridized carbons (Fsp3) is 0.333. The number of hydrogen-bond acceptors (Lipinski definition) is 3. The fourth-order valence-electron chi connectivity index (χ4n) is 3.04. The first-order valence-electron chi connectivity index (χ1n) is 9.00. The Morgan fingerprint density at radius 2 is 1.74 bits per heavy atom. The average Bonchev–Trinajstić information content (AvgIpc) is 3.48. The molecule has 1 aliphatic rings. The molecule has 2 amide bonds. The third-order valence-corrected chi connectivity index (χ3v) is 4.80. The van der Waals surface area contributed by atoms with Crippen molar-refractivity contribution in [1.82, 2.24) is 5.32 Å². The summed E-state index contributed by atoms with van der Waals surface area (Å²) in [6.07, 6.45) is 2.43. The van der Waals surface area contributed by atoms with Crippen molar-refractivity contribution in [3.05, 3.63) is 65.5 Å². The van der Waals surface area contributed by atoms with E-state index in [-0.39, 0.29) is 17.6 Å². The number of rotatable bonds is 8. The molecule has 2 N–H and O–H groups in total. The van der Waals surface area contributed by atoms with Crippen LogP contribution in [0.1, 0.15) is 35.2 Å². The van der Waals surface area contributed by atoms with Crippen molar-refractivity contribution in [2.45, 2.75) is 24.7 Å². The highest BCUT2D eigenvalue weighted by Crippen LogP contribution is 2.48. The predicted molar refractivity (Wildman–Crippen MR) is 101 cm³/mol. The number of carbonyl (C=O) groups is 2. The standard InChI is InChI=1S/C21H23FN2O3/c1-27-14-2-13-23-20(26)21(11-12-21)16-5-9-18(10-6-16)24-19(25)15-3-7-17(22)8-4-15/h3-10H,2,11-14H2,1H3,(H,23,26)(H,24,25). The van der Waals surface area contributed by atoms with Crippen LogP contribution in [-0.4, -0.2) is 32.1 Å². The molecule has 3 rings (SSSR count). The molecule has 0 heterocycles. The number of ether oxygens (including phenoxy) is 1. The highest BCUT2D eigenvalue weighted by molar-refractivity contribution is 6.04. The van der Waals surface area contributed by atoms with Gasteiger partial charge in [-0.1, -0.05) is 12.1 Å². The zero-order valence-electron chi connectivity index (χ0n) is 15.3. The van der Waals surface area contributed by atoms with Gasteiger partial charge in [0.25, 0.3) is 5.91 Å². The molecule has 0 aromatic heterocycles. The van der Waals surface area contributed by atoms with Crippen LogP contribution in [0.15, 0.2) is 48.5 Å². The second-order valence-electron chi connectivity index (χ2n) is 6.72. The van der Waals surface area contributed by atoms with Crippen LogP contribution in [-0.2, 0) is 14.9 Å². The molecule has 0 spiro atoms. The van der Waals surface area contributed by atoms with E-state index < -0.39 is 5.41 Å². The SMILES string of the molecule is COCCCNC(=O)C1(c2ccc(NC(=O)c3ccc(F)cc3)cc2)CC1. The quantitative estimate of drug-likeness (QED) is 0.701. The van der Waals surface area contributed by atoms with E-state index in [0.29, 0.717) is 24.4 Å². The molecule has 5 nitrogen and oxygen atoms in total. The summed E-state index contributed by atoms with van der Waals surface area (Å²) in [4.78, 5) is 24.7. The summed E-state index contributed by atoms with van der Waals surface area (Å²) in [5.41, 5.74) is 1.51. The van der Waals surface area contributed by atoms with E-state index in [1.54, 1.807) is 19.2 Å². The number of methoxy groups -OCH3 is 1. The molecular formula is C21H23FN2O3. The fourth-order valence-corrected chi connectivity index (χ4v) is 3.04. The Morgan fingerprint density at radius 3 is 2.33 bits per heavy atom. The summed E-state index contributed by atoms with van der Waals surface area (Å²) in [5.74, 6) is -0.646. The third kappa shape index (κ3) is 4.52. The number of amides is 2. The molecule has 2 aromatic carbocycles. The molecular weight excluding hydrogens is 347 g/mol. The second kappa shape index (κ2) is 8.31. The van der Waals surface area contributed by atoms with Crippen LogP contribution in [0.4, 0.5) is 10.1 Å². The summed E-state index contributed by atoms with van der Waals surface area (Å²) in [5, 5.41) is 5.75. The molecule has 27 heavy (non-hydrogen) atoms. The van der Waals surface area contributed by atoms with Gasteiger partial charge in [0, 0.05) is 31.5 Å². The lowest BCUT2D eigenvalue weighted by Gasteiger charge is -2.16. The van der Waals surface area contributed by atoms with Crippen LogP contribution in [0.3, 0.4) is 0 Å². The molecule has 1 fully saturated rings. The van der Waals surface area contributed by atoms with Crippen molar-refractivity contribution < 1.29 is 18.7 Å². The van der Waals surface area contributed by atoms with E-state index in [4.69, 9.17) is 4.74 Å². The van der Waals surface area contributed by atoms with Crippen LogP contribution in [0, 0.1) is 5.82 Å². The Morgan fingerprint density at radius 1 is 1.07 bits per heavy atom. The van der Waals surface area contributed by atoms with Gasteiger partial charge >= 0.3 is 0 Å². The molecule has 0 unspecified atom stereocenters. The molecule has 142 valence electrons. The molecule has 1 aliphatic carbocycles. The number of carbonyl (C=O) groups excluding carboxylic acids is 2. The molecule has 1 saturated carbocycles. The van der Waals surface area contributed by atoms with Gasteiger partial charge in [-0.2, -0.15) is 0 Å². The summed E-state index contributed by atoms with van der Waals surface area (Å²) < 4.78 is 17.9. The van der Waals surface area contributed by atoms with Gasteiger partial charge in [-0.3, -0.25) is 9.59 Å². The maximum atomic E-state index is 12.9. The van der Waals surface area contributed by atoms with E-state index in [1.807, 2.05) is 12.1 Å². The Labute approximate surface area is 157 Å². The van der Waals surface area contributed by atoms with Crippen molar-refractivity contribution in [3.63, 3.8) is 0 Å².